The minimum atomic E-state index is -0.303. The van der Waals surface area contributed by atoms with E-state index in [1.807, 2.05) is 34.1 Å². The lowest BCUT2D eigenvalue weighted by Gasteiger charge is -2.36. The van der Waals surface area contributed by atoms with Gasteiger partial charge in [-0.25, -0.2) is 0 Å². The molecule has 2 unspecified atom stereocenters. The van der Waals surface area contributed by atoms with Crippen molar-refractivity contribution in [1.29, 1.82) is 0 Å². The predicted octanol–water partition coefficient (Wildman–Crippen LogP) is 3.35. The van der Waals surface area contributed by atoms with Crippen molar-refractivity contribution in [2.24, 2.45) is 11.8 Å². The van der Waals surface area contributed by atoms with Gasteiger partial charge in [-0.3, -0.25) is 14.5 Å². The summed E-state index contributed by atoms with van der Waals surface area (Å²) in [6.45, 7) is 9.35. The van der Waals surface area contributed by atoms with Crippen LogP contribution in [0.2, 0.25) is 0 Å². The number of amides is 2. The van der Waals surface area contributed by atoms with Crippen molar-refractivity contribution in [2.45, 2.75) is 51.5 Å². The first-order valence-electron chi connectivity index (χ1n) is 13.1. The lowest BCUT2D eigenvalue weighted by Crippen LogP contribution is -2.44. The second-order valence-corrected chi connectivity index (χ2v) is 9.98. The highest BCUT2D eigenvalue weighted by Gasteiger charge is 2.45. The molecule has 3 aliphatic heterocycles. The fraction of sp³-hybridized carbons (Fsp3) is 0.704. The van der Waals surface area contributed by atoms with Gasteiger partial charge in [-0.2, -0.15) is 0 Å². The summed E-state index contributed by atoms with van der Waals surface area (Å²) in [7, 11) is 1.65. The molecule has 34 heavy (non-hydrogen) atoms. The number of carbonyl (C=O) groups is 2. The molecule has 0 bridgehead atoms. The lowest BCUT2D eigenvalue weighted by atomic mass is 9.89. The summed E-state index contributed by atoms with van der Waals surface area (Å²) >= 11 is 0. The second-order valence-electron chi connectivity index (χ2n) is 9.98. The molecule has 0 radical (unpaired) electrons. The van der Waals surface area contributed by atoms with Gasteiger partial charge in [0.05, 0.1) is 32.3 Å². The molecule has 7 nitrogen and oxygen atoms in total. The van der Waals surface area contributed by atoms with Gasteiger partial charge in [0.25, 0.3) is 0 Å². The van der Waals surface area contributed by atoms with Crippen LogP contribution in [0.3, 0.4) is 0 Å². The van der Waals surface area contributed by atoms with E-state index in [1.165, 1.54) is 6.42 Å². The SMILES string of the molecule is CCCCN1C(=O)CC(C(=O)N2CCC(CCN3CCOCC3)CC2)C1c1ccc(OC)cc1. The smallest absolute Gasteiger partial charge is 0.228 e. The molecule has 0 aromatic heterocycles. The third-order valence-corrected chi connectivity index (χ3v) is 7.84. The Balaban J connectivity index is 1.38. The van der Waals surface area contributed by atoms with Gasteiger partial charge in [0, 0.05) is 39.1 Å². The van der Waals surface area contributed by atoms with E-state index in [-0.39, 0.29) is 23.8 Å². The number of benzene rings is 1. The number of nitrogens with zero attached hydrogens (tertiary/aromatic N) is 3. The highest BCUT2D eigenvalue weighted by molar-refractivity contribution is 5.90. The Morgan fingerprint density at radius 3 is 2.41 bits per heavy atom. The molecular weight excluding hydrogens is 430 g/mol. The van der Waals surface area contributed by atoms with Gasteiger partial charge < -0.3 is 19.3 Å². The van der Waals surface area contributed by atoms with E-state index in [0.29, 0.717) is 18.9 Å². The Bertz CT molecular complexity index is 801. The number of ether oxygens (including phenoxy) is 2. The van der Waals surface area contributed by atoms with E-state index in [9.17, 15) is 9.59 Å². The number of rotatable bonds is 9. The number of hydrogen-bond acceptors (Lipinski definition) is 5. The maximum absolute atomic E-state index is 13.7. The summed E-state index contributed by atoms with van der Waals surface area (Å²) in [6, 6.07) is 7.70. The van der Waals surface area contributed by atoms with E-state index in [1.54, 1.807) is 7.11 Å². The average Bonchev–Trinajstić information content (AvgIpc) is 3.22. The van der Waals surface area contributed by atoms with Gasteiger partial charge in [0.2, 0.25) is 11.8 Å². The summed E-state index contributed by atoms with van der Waals surface area (Å²) in [5.41, 5.74) is 1.03. The summed E-state index contributed by atoms with van der Waals surface area (Å²) in [6.07, 6.45) is 5.61. The Labute approximate surface area is 204 Å². The molecule has 2 atom stereocenters. The minimum absolute atomic E-state index is 0.105. The number of piperidine rings is 1. The molecule has 2 amide bonds. The predicted molar refractivity (Wildman–Crippen MR) is 132 cm³/mol. The molecule has 3 fully saturated rings. The molecule has 0 saturated carbocycles. The summed E-state index contributed by atoms with van der Waals surface area (Å²) in [5, 5.41) is 0. The van der Waals surface area contributed by atoms with Crippen LogP contribution in [0.5, 0.6) is 5.75 Å². The quantitative estimate of drug-likeness (QED) is 0.553. The van der Waals surface area contributed by atoms with Crippen molar-refractivity contribution in [2.75, 3.05) is 59.6 Å². The molecule has 1 aromatic rings. The number of likely N-dealkylation sites (tertiary alicyclic amines) is 2. The van der Waals surface area contributed by atoms with Crippen molar-refractivity contribution < 1.29 is 19.1 Å². The van der Waals surface area contributed by atoms with Crippen molar-refractivity contribution in [1.82, 2.24) is 14.7 Å². The normalized spacial score (nSPS) is 24.6. The van der Waals surface area contributed by atoms with Crippen LogP contribution in [0.4, 0.5) is 0 Å². The number of hydrogen-bond donors (Lipinski definition) is 0. The van der Waals surface area contributed by atoms with Crippen LogP contribution in [-0.2, 0) is 14.3 Å². The highest BCUT2D eigenvalue weighted by atomic mass is 16.5. The molecule has 7 heteroatoms. The second kappa shape index (κ2) is 12.0. The zero-order valence-electron chi connectivity index (χ0n) is 20.9. The number of methoxy groups -OCH3 is 1. The van der Waals surface area contributed by atoms with Gasteiger partial charge in [-0.15, -0.1) is 0 Å². The Morgan fingerprint density at radius 1 is 1.06 bits per heavy atom. The van der Waals surface area contributed by atoms with Crippen LogP contribution in [0.25, 0.3) is 0 Å². The number of carbonyl (C=O) groups excluding carboxylic acids is 2. The van der Waals surface area contributed by atoms with Crippen LogP contribution >= 0.6 is 0 Å². The third kappa shape index (κ3) is 5.92. The maximum atomic E-state index is 13.7. The molecule has 0 spiro atoms. The first-order chi connectivity index (χ1) is 16.6. The summed E-state index contributed by atoms with van der Waals surface area (Å²) in [4.78, 5) is 33.1. The zero-order valence-corrected chi connectivity index (χ0v) is 20.9. The molecule has 0 aliphatic carbocycles. The average molecular weight is 472 g/mol. The molecule has 1 aromatic carbocycles. The highest BCUT2D eigenvalue weighted by Crippen LogP contribution is 2.40. The summed E-state index contributed by atoms with van der Waals surface area (Å²) < 4.78 is 10.8. The Kier molecular flexibility index (Phi) is 8.84. The number of morpholine rings is 1. The van der Waals surface area contributed by atoms with Crippen LogP contribution < -0.4 is 4.74 Å². The van der Waals surface area contributed by atoms with Crippen molar-refractivity contribution >= 4 is 11.8 Å². The molecule has 0 N–H and O–H groups in total. The number of unbranched alkanes of at least 4 members (excludes halogenated alkanes) is 1. The topological polar surface area (TPSA) is 62.3 Å². The van der Waals surface area contributed by atoms with Crippen LogP contribution in [0, 0.1) is 11.8 Å². The van der Waals surface area contributed by atoms with E-state index in [0.717, 1.165) is 82.9 Å². The molecule has 3 saturated heterocycles. The van der Waals surface area contributed by atoms with Crippen LogP contribution in [-0.4, -0.2) is 86.1 Å². The molecule has 3 aliphatic rings. The fourth-order valence-corrected chi connectivity index (χ4v) is 5.68. The van der Waals surface area contributed by atoms with Gasteiger partial charge in [0.15, 0.2) is 0 Å². The largest absolute Gasteiger partial charge is 0.497 e. The van der Waals surface area contributed by atoms with Crippen molar-refractivity contribution in [3.8, 4) is 5.75 Å². The van der Waals surface area contributed by atoms with E-state index < -0.39 is 0 Å². The maximum Gasteiger partial charge on any atom is 0.228 e. The monoisotopic (exact) mass is 471 g/mol. The first-order valence-corrected chi connectivity index (χ1v) is 13.1. The van der Waals surface area contributed by atoms with Crippen molar-refractivity contribution in [3.63, 3.8) is 0 Å². The van der Waals surface area contributed by atoms with Gasteiger partial charge >= 0.3 is 0 Å². The minimum Gasteiger partial charge on any atom is -0.497 e. The summed E-state index contributed by atoms with van der Waals surface area (Å²) in [5.74, 6) is 1.42. The van der Waals surface area contributed by atoms with E-state index >= 15 is 0 Å². The Hall–Kier alpha value is -2.12. The molecule has 4 rings (SSSR count). The van der Waals surface area contributed by atoms with Crippen LogP contribution in [0.1, 0.15) is 57.1 Å². The third-order valence-electron chi connectivity index (χ3n) is 7.84. The van der Waals surface area contributed by atoms with Crippen LogP contribution in [0.15, 0.2) is 24.3 Å². The van der Waals surface area contributed by atoms with Gasteiger partial charge in [-0.1, -0.05) is 25.5 Å². The molecule has 3 heterocycles. The van der Waals surface area contributed by atoms with Crippen molar-refractivity contribution in [3.05, 3.63) is 29.8 Å². The van der Waals surface area contributed by atoms with Gasteiger partial charge in [-0.05, 0) is 55.8 Å². The molecular formula is C27H41N3O4. The van der Waals surface area contributed by atoms with E-state index in [2.05, 4.69) is 11.8 Å². The Morgan fingerprint density at radius 2 is 1.76 bits per heavy atom. The lowest BCUT2D eigenvalue weighted by molar-refractivity contribution is -0.138. The van der Waals surface area contributed by atoms with Gasteiger partial charge in [0.1, 0.15) is 5.75 Å². The molecule has 188 valence electrons. The fourth-order valence-electron chi connectivity index (χ4n) is 5.68. The zero-order chi connectivity index (χ0) is 23.9. The van der Waals surface area contributed by atoms with E-state index in [4.69, 9.17) is 9.47 Å². The first kappa shape index (κ1) is 25.0. The standard InChI is InChI=1S/C27H41N3O4/c1-3-4-12-30-25(31)20-24(26(30)22-5-7-23(33-2)8-6-22)27(32)29-14-10-21(11-15-29)9-13-28-16-18-34-19-17-28/h5-8,21,24,26H,3-4,9-20H2,1-2H3.